The molecule has 1 heterocycles. The first-order chi connectivity index (χ1) is 12.0. The summed E-state index contributed by atoms with van der Waals surface area (Å²) in [6.45, 7) is 4.73. The minimum Gasteiger partial charge on any atom is -0.481 e. The van der Waals surface area contributed by atoms with Gasteiger partial charge in [-0.05, 0) is 12.8 Å². The second kappa shape index (κ2) is 12.3. The van der Waals surface area contributed by atoms with E-state index in [9.17, 15) is 14.7 Å². The summed E-state index contributed by atoms with van der Waals surface area (Å²) in [5.74, 6) is -1.50. The van der Waals surface area contributed by atoms with Crippen LogP contribution in [0.4, 0.5) is 0 Å². The fourth-order valence-electron chi connectivity index (χ4n) is 4.09. The molecule has 2 atom stereocenters. The molecule has 0 bridgehead atoms. The molecule has 0 radical (unpaired) electrons. The van der Waals surface area contributed by atoms with Crippen LogP contribution in [0.25, 0.3) is 0 Å². The third-order valence-electron chi connectivity index (χ3n) is 5.75. The van der Waals surface area contributed by atoms with E-state index in [0.717, 1.165) is 25.9 Å². The highest BCUT2D eigenvalue weighted by molar-refractivity contribution is 5.73. The van der Waals surface area contributed by atoms with Gasteiger partial charge in [0.1, 0.15) is 0 Å². The summed E-state index contributed by atoms with van der Waals surface area (Å²) in [5.41, 5.74) is 0. The van der Waals surface area contributed by atoms with Crippen LogP contribution in [0.15, 0.2) is 0 Å². The molecule has 0 aromatic rings. The maximum absolute atomic E-state index is 11.4. The number of rotatable bonds is 16. The van der Waals surface area contributed by atoms with E-state index in [1.807, 2.05) is 0 Å². The molecule has 5 heteroatoms. The summed E-state index contributed by atoms with van der Waals surface area (Å²) in [6.07, 6.45) is 14.2. The average molecular weight is 357 g/mol. The van der Waals surface area contributed by atoms with Crippen molar-refractivity contribution in [2.24, 2.45) is 0 Å². The lowest BCUT2D eigenvalue weighted by Crippen LogP contribution is -2.68. The maximum atomic E-state index is 11.4. The van der Waals surface area contributed by atoms with Crippen molar-refractivity contribution in [1.29, 1.82) is 0 Å². The van der Waals surface area contributed by atoms with Crippen LogP contribution < -0.4 is 0 Å². The van der Waals surface area contributed by atoms with E-state index < -0.39 is 11.9 Å². The van der Waals surface area contributed by atoms with Crippen LogP contribution in [0.1, 0.15) is 90.4 Å². The number of unbranched alkanes of at least 4 members (excludes halogenated alkanes) is 9. The Bertz CT molecular complexity index is 399. The van der Waals surface area contributed by atoms with Gasteiger partial charge in [-0.25, -0.2) is 4.79 Å². The highest BCUT2D eigenvalue weighted by Gasteiger charge is 2.49. The van der Waals surface area contributed by atoms with Crippen molar-refractivity contribution in [2.45, 2.75) is 96.4 Å². The van der Waals surface area contributed by atoms with Gasteiger partial charge in [0.2, 0.25) is 0 Å². The Balaban J connectivity index is 2.18. The Labute approximate surface area is 153 Å². The molecule has 1 aliphatic heterocycles. The van der Waals surface area contributed by atoms with Crippen molar-refractivity contribution in [2.75, 3.05) is 19.6 Å². The minimum atomic E-state index is -0.788. The second-order valence-corrected chi connectivity index (χ2v) is 7.71. The highest BCUT2D eigenvalue weighted by Crippen LogP contribution is 2.31. The van der Waals surface area contributed by atoms with Gasteiger partial charge in [-0.2, -0.15) is 0 Å². The van der Waals surface area contributed by atoms with Crippen molar-refractivity contribution in [3.8, 4) is 0 Å². The summed E-state index contributed by atoms with van der Waals surface area (Å²) in [4.78, 5) is 22.2. The van der Waals surface area contributed by atoms with Gasteiger partial charge in [0, 0.05) is 6.42 Å². The Kier molecular flexibility index (Phi) is 10.8. The molecule has 0 aromatic carbocycles. The molecular weight excluding hydrogens is 318 g/mol. The number of hydrogen-bond donors (Lipinski definition) is 2. The van der Waals surface area contributed by atoms with Crippen molar-refractivity contribution in [3.63, 3.8) is 0 Å². The van der Waals surface area contributed by atoms with Gasteiger partial charge in [0.05, 0.1) is 32.5 Å². The zero-order chi connectivity index (χ0) is 18.5. The molecule has 0 aliphatic carbocycles. The van der Waals surface area contributed by atoms with E-state index in [2.05, 4.69) is 6.92 Å². The SMILES string of the molecule is CCCCCCCCCCCC[N+]1(CCCC(=O)O)CCC1C(=O)O. The van der Waals surface area contributed by atoms with Crippen LogP contribution in [0, 0.1) is 0 Å². The fraction of sp³-hybridized carbons (Fsp3) is 0.900. The number of carbonyl (C=O) groups is 2. The molecule has 1 saturated heterocycles. The first-order valence-corrected chi connectivity index (χ1v) is 10.3. The molecule has 2 N–H and O–H groups in total. The van der Waals surface area contributed by atoms with Crippen LogP contribution in [0.5, 0.6) is 0 Å². The maximum Gasteiger partial charge on any atom is 0.362 e. The summed E-state index contributed by atoms with van der Waals surface area (Å²) in [6, 6.07) is -0.313. The van der Waals surface area contributed by atoms with Gasteiger partial charge in [0.25, 0.3) is 0 Å². The van der Waals surface area contributed by atoms with E-state index in [1.54, 1.807) is 0 Å². The molecule has 146 valence electrons. The van der Waals surface area contributed by atoms with Crippen molar-refractivity contribution in [1.82, 2.24) is 0 Å². The molecular formula is C20H38NO4+. The molecule has 1 fully saturated rings. The Hall–Kier alpha value is -1.10. The molecule has 5 nitrogen and oxygen atoms in total. The lowest BCUT2D eigenvalue weighted by Gasteiger charge is -2.50. The second-order valence-electron chi connectivity index (χ2n) is 7.71. The molecule has 2 unspecified atom stereocenters. The van der Waals surface area contributed by atoms with Crippen LogP contribution in [-0.2, 0) is 9.59 Å². The number of nitrogens with zero attached hydrogens (tertiary/aromatic N) is 1. The number of likely N-dealkylation sites (tertiary alicyclic amines) is 1. The van der Waals surface area contributed by atoms with E-state index in [0.29, 0.717) is 17.4 Å². The van der Waals surface area contributed by atoms with Gasteiger partial charge in [-0.3, -0.25) is 4.79 Å². The average Bonchev–Trinajstić information content (AvgIpc) is 2.53. The van der Waals surface area contributed by atoms with Crippen LogP contribution in [-0.4, -0.2) is 52.3 Å². The first-order valence-electron chi connectivity index (χ1n) is 10.3. The Morgan fingerprint density at radius 3 is 1.80 bits per heavy atom. The van der Waals surface area contributed by atoms with E-state index >= 15 is 0 Å². The lowest BCUT2D eigenvalue weighted by molar-refractivity contribution is -0.980. The highest BCUT2D eigenvalue weighted by atomic mass is 16.4. The Morgan fingerprint density at radius 1 is 0.840 bits per heavy atom. The van der Waals surface area contributed by atoms with E-state index in [4.69, 9.17) is 5.11 Å². The van der Waals surface area contributed by atoms with Crippen molar-refractivity contribution in [3.05, 3.63) is 0 Å². The lowest BCUT2D eigenvalue weighted by atomic mass is 9.95. The molecule has 1 rings (SSSR count). The summed E-state index contributed by atoms with van der Waals surface area (Å²) >= 11 is 0. The topological polar surface area (TPSA) is 74.6 Å². The van der Waals surface area contributed by atoms with Gasteiger partial charge in [-0.15, -0.1) is 0 Å². The van der Waals surface area contributed by atoms with Gasteiger partial charge >= 0.3 is 11.9 Å². The van der Waals surface area contributed by atoms with E-state index in [-0.39, 0.29) is 12.5 Å². The third-order valence-corrected chi connectivity index (χ3v) is 5.75. The number of hydrogen-bond acceptors (Lipinski definition) is 2. The predicted molar refractivity (Wildman–Crippen MR) is 99.6 cm³/mol. The van der Waals surface area contributed by atoms with Crippen molar-refractivity contribution < 1.29 is 24.3 Å². The van der Waals surface area contributed by atoms with Gasteiger partial charge in [0.15, 0.2) is 6.04 Å². The monoisotopic (exact) mass is 356 g/mol. The van der Waals surface area contributed by atoms with Crippen molar-refractivity contribution >= 4 is 11.9 Å². The normalized spacial score (nSPS) is 22.5. The number of aliphatic carboxylic acids is 2. The molecule has 0 spiro atoms. The molecule has 0 amide bonds. The Morgan fingerprint density at radius 2 is 1.36 bits per heavy atom. The summed E-state index contributed by atoms with van der Waals surface area (Å²) in [5, 5.41) is 18.2. The number of carboxylic acids is 2. The zero-order valence-corrected chi connectivity index (χ0v) is 16.0. The van der Waals surface area contributed by atoms with Crippen LogP contribution in [0.3, 0.4) is 0 Å². The smallest absolute Gasteiger partial charge is 0.362 e. The molecule has 1 aliphatic rings. The summed E-state index contributed by atoms with van der Waals surface area (Å²) in [7, 11) is 0. The van der Waals surface area contributed by atoms with Crippen LogP contribution in [0.2, 0.25) is 0 Å². The largest absolute Gasteiger partial charge is 0.481 e. The third kappa shape index (κ3) is 8.21. The zero-order valence-electron chi connectivity index (χ0n) is 16.0. The molecule has 25 heavy (non-hydrogen) atoms. The standard InChI is InChI=1S/C20H37NO4/c1-2-3-4-5-6-7-8-9-10-11-15-21(16-12-13-19(22)23)17-14-18(21)20(24)25/h18H,2-17H2,1H3,(H-,22,23,24,25)/p+1. The minimum absolute atomic E-state index is 0.143. The quantitative estimate of drug-likeness (QED) is 0.316. The molecule has 0 aromatic heterocycles. The van der Waals surface area contributed by atoms with Gasteiger partial charge < -0.3 is 14.7 Å². The number of quaternary nitrogens is 1. The van der Waals surface area contributed by atoms with Crippen LogP contribution >= 0.6 is 0 Å². The summed E-state index contributed by atoms with van der Waals surface area (Å²) < 4.78 is 0.611. The number of carboxylic acid groups (broad SMARTS) is 2. The predicted octanol–water partition coefficient (Wildman–Crippen LogP) is 4.45. The van der Waals surface area contributed by atoms with E-state index in [1.165, 1.54) is 57.8 Å². The molecule has 0 saturated carbocycles. The fourth-order valence-corrected chi connectivity index (χ4v) is 4.09. The van der Waals surface area contributed by atoms with Gasteiger partial charge in [-0.1, -0.05) is 58.3 Å². The first kappa shape index (κ1) is 21.9.